The molecule has 2 saturated carbocycles. The van der Waals surface area contributed by atoms with Crippen molar-refractivity contribution in [1.29, 1.82) is 0 Å². The fourth-order valence-corrected chi connectivity index (χ4v) is 4.70. The van der Waals surface area contributed by atoms with E-state index in [0.29, 0.717) is 37.2 Å². The van der Waals surface area contributed by atoms with E-state index in [0.717, 1.165) is 25.7 Å². The smallest absolute Gasteiger partial charge is 0.410 e. The number of halogens is 1. The molecule has 0 aromatic heterocycles. The minimum absolute atomic E-state index is 0.0530. The summed E-state index contributed by atoms with van der Waals surface area (Å²) < 4.78 is 19.0. The molecule has 4 aliphatic rings. The Balaban J connectivity index is 1.34. The first-order valence-electron chi connectivity index (χ1n) is 9.39. The molecule has 2 heterocycles. The zero-order valence-electron chi connectivity index (χ0n) is 14.5. The molecule has 4 fully saturated rings. The van der Waals surface area contributed by atoms with Gasteiger partial charge in [-0.2, -0.15) is 0 Å². The third-order valence-electron chi connectivity index (χ3n) is 6.21. The van der Waals surface area contributed by atoms with Crippen LogP contribution in [0, 0.1) is 17.7 Å². The van der Waals surface area contributed by atoms with Crippen molar-refractivity contribution < 1.29 is 18.7 Å². The van der Waals surface area contributed by atoms with Crippen LogP contribution in [0.5, 0.6) is 0 Å². The van der Waals surface area contributed by atoms with Crippen molar-refractivity contribution in [2.45, 2.75) is 37.3 Å². The summed E-state index contributed by atoms with van der Waals surface area (Å²) in [5.41, 5.74) is 0.166. The van der Waals surface area contributed by atoms with E-state index < -0.39 is 5.60 Å². The molecule has 2 saturated heterocycles. The second-order valence-corrected chi connectivity index (χ2v) is 7.86. The molecule has 0 bridgehead atoms. The minimum Gasteiger partial charge on any atom is -0.440 e. The maximum Gasteiger partial charge on any atom is 0.410 e. The number of hydrogen-bond donors (Lipinski definition) is 1. The monoisotopic (exact) mass is 359 g/mol. The fourth-order valence-electron chi connectivity index (χ4n) is 4.70. The third kappa shape index (κ3) is 2.44. The van der Waals surface area contributed by atoms with Crippen LogP contribution in [0.2, 0.25) is 0 Å². The summed E-state index contributed by atoms with van der Waals surface area (Å²) in [5.74, 6) is 0.542. The van der Waals surface area contributed by atoms with Gasteiger partial charge in [-0.15, -0.1) is 0 Å². The lowest BCUT2D eigenvalue weighted by Gasteiger charge is -2.42. The summed E-state index contributed by atoms with van der Waals surface area (Å²) in [7, 11) is 0. The predicted molar refractivity (Wildman–Crippen MR) is 92.1 cm³/mol. The molecule has 1 aromatic rings. The van der Waals surface area contributed by atoms with Crippen LogP contribution in [0.3, 0.4) is 0 Å². The van der Waals surface area contributed by atoms with Gasteiger partial charge < -0.3 is 15.0 Å². The summed E-state index contributed by atoms with van der Waals surface area (Å²) in [6.45, 7) is 1.47. The highest BCUT2D eigenvalue weighted by Crippen LogP contribution is 2.59. The summed E-state index contributed by atoms with van der Waals surface area (Å²) in [6.07, 6.45) is 4.21. The Morgan fingerprint density at radius 2 is 1.77 bits per heavy atom. The van der Waals surface area contributed by atoms with Crippen LogP contribution in [0.4, 0.5) is 19.7 Å². The highest BCUT2D eigenvalue weighted by atomic mass is 19.1. The van der Waals surface area contributed by atoms with Crippen LogP contribution in [0.15, 0.2) is 24.3 Å². The second kappa shape index (κ2) is 5.59. The number of rotatable bonds is 3. The highest BCUT2D eigenvalue weighted by Gasteiger charge is 2.67. The number of nitrogens with one attached hydrogen (secondary N) is 1. The van der Waals surface area contributed by atoms with Crippen LogP contribution >= 0.6 is 0 Å². The largest absolute Gasteiger partial charge is 0.440 e. The fraction of sp³-hybridized carbons (Fsp3) is 0.579. The number of urea groups is 1. The maximum absolute atomic E-state index is 13.0. The number of cyclic esters (lactones) is 1. The quantitative estimate of drug-likeness (QED) is 0.902. The summed E-state index contributed by atoms with van der Waals surface area (Å²) in [6, 6.07) is 5.47. The molecule has 1 aromatic carbocycles. The van der Waals surface area contributed by atoms with Gasteiger partial charge in [-0.1, -0.05) is 0 Å². The predicted octanol–water partition coefficient (Wildman–Crippen LogP) is 3.05. The normalized spacial score (nSPS) is 27.1. The van der Waals surface area contributed by atoms with E-state index in [9.17, 15) is 14.0 Å². The van der Waals surface area contributed by atoms with Gasteiger partial charge in [0.1, 0.15) is 11.4 Å². The average molecular weight is 359 g/mol. The molecule has 138 valence electrons. The molecule has 0 spiro atoms. The van der Waals surface area contributed by atoms with E-state index in [1.807, 2.05) is 4.90 Å². The van der Waals surface area contributed by atoms with E-state index in [-0.39, 0.29) is 24.0 Å². The zero-order valence-corrected chi connectivity index (χ0v) is 14.5. The molecule has 1 unspecified atom stereocenters. The Morgan fingerprint density at radius 1 is 1.12 bits per heavy atom. The number of anilines is 1. The molecule has 7 heteroatoms. The van der Waals surface area contributed by atoms with Gasteiger partial charge in [0.2, 0.25) is 0 Å². The molecule has 26 heavy (non-hydrogen) atoms. The first-order chi connectivity index (χ1) is 12.6. The number of nitrogens with zero attached hydrogens (tertiary/aromatic N) is 2. The standard InChI is InChI=1S/C19H22FN3O3/c20-14-5-7-15(8-6-14)21-17(24)22-9-10-23-16(11-22)19(12-1-2-12,13-3-4-13)26-18(23)25/h5-8,12-13,16H,1-4,9-11H2,(H,21,24). The summed E-state index contributed by atoms with van der Waals surface area (Å²) in [5, 5.41) is 2.82. The molecular formula is C19H22FN3O3. The van der Waals surface area contributed by atoms with Crippen molar-refractivity contribution in [2.75, 3.05) is 25.0 Å². The lowest BCUT2D eigenvalue weighted by Crippen LogP contribution is -2.61. The number of fused-ring (bicyclic) bond motifs is 1. The average Bonchev–Trinajstić information content (AvgIpc) is 3.54. The molecule has 0 radical (unpaired) electrons. The topological polar surface area (TPSA) is 61.9 Å². The van der Waals surface area contributed by atoms with Gasteiger partial charge in [-0.25, -0.2) is 14.0 Å². The van der Waals surface area contributed by atoms with Gasteiger partial charge in [0.25, 0.3) is 0 Å². The van der Waals surface area contributed by atoms with Crippen molar-refractivity contribution in [3.63, 3.8) is 0 Å². The molecule has 6 nitrogen and oxygen atoms in total. The van der Waals surface area contributed by atoms with E-state index in [1.165, 1.54) is 12.1 Å². The number of benzene rings is 1. The number of carbonyl (C=O) groups excluding carboxylic acids is 2. The van der Waals surface area contributed by atoms with Crippen molar-refractivity contribution in [2.24, 2.45) is 11.8 Å². The SMILES string of the molecule is O=C(Nc1ccc(F)cc1)N1CCN2C(=O)OC(C3CC3)(C3CC3)C2C1. The number of hydrogen-bond acceptors (Lipinski definition) is 3. The second-order valence-electron chi connectivity index (χ2n) is 7.86. The van der Waals surface area contributed by atoms with Gasteiger partial charge in [-0.05, 0) is 49.9 Å². The van der Waals surface area contributed by atoms with E-state index in [2.05, 4.69) is 5.32 Å². The Morgan fingerprint density at radius 3 is 2.38 bits per heavy atom. The van der Waals surface area contributed by atoms with Crippen LogP contribution in [0.25, 0.3) is 0 Å². The van der Waals surface area contributed by atoms with Crippen LogP contribution in [-0.2, 0) is 4.74 Å². The van der Waals surface area contributed by atoms with Gasteiger partial charge in [-0.3, -0.25) is 4.90 Å². The van der Waals surface area contributed by atoms with Crippen LogP contribution in [-0.4, -0.2) is 53.2 Å². The number of carbonyl (C=O) groups is 2. The number of ether oxygens (including phenoxy) is 1. The van der Waals surface area contributed by atoms with E-state index in [4.69, 9.17) is 4.74 Å². The van der Waals surface area contributed by atoms with Crippen molar-refractivity contribution in [1.82, 2.24) is 9.80 Å². The molecule has 3 amide bonds. The van der Waals surface area contributed by atoms with Crippen molar-refractivity contribution in [3.05, 3.63) is 30.1 Å². The first-order valence-corrected chi connectivity index (χ1v) is 9.39. The third-order valence-corrected chi connectivity index (χ3v) is 6.21. The zero-order chi connectivity index (χ0) is 17.9. The van der Waals surface area contributed by atoms with Crippen molar-refractivity contribution in [3.8, 4) is 0 Å². The van der Waals surface area contributed by atoms with Gasteiger partial charge in [0.15, 0.2) is 0 Å². The lowest BCUT2D eigenvalue weighted by atomic mass is 9.82. The van der Waals surface area contributed by atoms with Crippen LogP contribution < -0.4 is 5.32 Å². The van der Waals surface area contributed by atoms with Gasteiger partial charge >= 0.3 is 12.1 Å². The minimum atomic E-state index is -0.397. The number of piperazine rings is 1. The summed E-state index contributed by atoms with van der Waals surface area (Å²) in [4.78, 5) is 28.7. The number of amides is 3. The van der Waals surface area contributed by atoms with Crippen molar-refractivity contribution >= 4 is 17.8 Å². The van der Waals surface area contributed by atoms with E-state index in [1.54, 1.807) is 17.0 Å². The molecule has 2 aliphatic heterocycles. The molecule has 1 atom stereocenters. The van der Waals surface area contributed by atoms with E-state index >= 15 is 0 Å². The molecule has 1 N–H and O–H groups in total. The molecular weight excluding hydrogens is 337 g/mol. The Labute approximate surface area is 151 Å². The summed E-state index contributed by atoms with van der Waals surface area (Å²) >= 11 is 0. The maximum atomic E-state index is 13.0. The molecule has 2 aliphatic carbocycles. The van der Waals surface area contributed by atoms with Gasteiger partial charge in [0, 0.05) is 37.2 Å². The molecule has 5 rings (SSSR count). The highest BCUT2D eigenvalue weighted by molar-refractivity contribution is 5.89. The first kappa shape index (κ1) is 15.9. The Kier molecular flexibility index (Phi) is 3.42. The lowest BCUT2D eigenvalue weighted by molar-refractivity contribution is -0.0177. The van der Waals surface area contributed by atoms with Crippen LogP contribution in [0.1, 0.15) is 25.7 Å². The Bertz CT molecular complexity index is 733. The Hall–Kier alpha value is -2.31. The van der Waals surface area contributed by atoms with Gasteiger partial charge in [0.05, 0.1) is 6.04 Å².